The predicted molar refractivity (Wildman–Crippen MR) is 136 cm³/mol. The van der Waals surface area contributed by atoms with Crippen LogP contribution in [0.2, 0.25) is 0 Å². The Morgan fingerprint density at radius 3 is 2.33 bits per heavy atom. The van der Waals surface area contributed by atoms with Gasteiger partial charge in [-0.05, 0) is 42.5 Å². The average molecular weight is 596 g/mol. The summed E-state index contributed by atoms with van der Waals surface area (Å²) in [5.74, 6) is -1.82. The summed E-state index contributed by atoms with van der Waals surface area (Å²) >= 11 is 0. The Hall–Kier alpha value is -5.08. The van der Waals surface area contributed by atoms with Crippen molar-refractivity contribution in [1.82, 2.24) is 9.97 Å². The molecule has 0 spiro atoms. The molecule has 0 atom stereocenters. The smallest absolute Gasteiger partial charge is 0.422 e. The van der Waals surface area contributed by atoms with Gasteiger partial charge < -0.3 is 19.5 Å². The van der Waals surface area contributed by atoms with E-state index in [-0.39, 0.29) is 17.2 Å². The summed E-state index contributed by atoms with van der Waals surface area (Å²) in [6.07, 6.45) is -10.1. The van der Waals surface area contributed by atoms with E-state index < -0.39 is 53.8 Å². The van der Waals surface area contributed by atoms with E-state index in [0.717, 1.165) is 12.1 Å². The number of benzene rings is 3. The number of nitrogens with one attached hydrogen (secondary N) is 2. The number of hydrogen-bond acceptors (Lipinski definition) is 7. The molecular formula is C27H19F7N4O4. The maximum atomic E-state index is 14.4. The molecule has 3 aromatic carbocycles. The number of anilines is 3. The van der Waals surface area contributed by atoms with Gasteiger partial charge in [0.15, 0.2) is 12.4 Å². The second kappa shape index (κ2) is 12.2. The summed E-state index contributed by atoms with van der Waals surface area (Å²) < 4.78 is 107. The number of aromatic nitrogens is 2. The van der Waals surface area contributed by atoms with Crippen molar-refractivity contribution < 1.29 is 49.7 Å². The van der Waals surface area contributed by atoms with Crippen LogP contribution in [0.3, 0.4) is 0 Å². The molecule has 2 N–H and O–H groups in total. The van der Waals surface area contributed by atoms with E-state index in [4.69, 9.17) is 9.47 Å². The molecule has 4 aromatic rings. The molecule has 1 heterocycles. The number of ether oxygens (including phenoxy) is 3. The number of halogens is 7. The lowest BCUT2D eigenvalue weighted by Gasteiger charge is -2.17. The molecule has 220 valence electrons. The summed E-state index contributed by atoms with van der Waals surface area (Å²) in [6, 6.07) is 14.0. The van der Waals surface area contributed by atoms with Gasteiger partial charge in [-0.3, -0.25) is 5.32 Å². The Morgan fingerprint density at radius 2 is 1.64 bits per heavy atom. The molecule has 15 heteroatoms. The van der Waals surface area contributed by atoms with Gasteiger partial charge in [-0.15, -0.1) is 0 Å². The standard InChI is InChI=1S/C27H19F7N4O4/c1-40-22-9-5-2-6-16(22)21-13-35-24(23(37-21)36-20-8-4-3-7-18(20)28)42-25(39)38-19-11-10-15(41-14-26(29,30)31)12-17(19)27(32,33)34/h2-13H,14H2,1H3,(H,36,37)(H,38,39). The third-order valence-corrected chi connectivity index (χ3v) is 5.37. The Morgan fingerprint density at radius 1 is 0.929 bits per heavy atom. The first-order chi connectivity index (χ1) is 19.8. The SMILES string of the molecule is COc1ccccc1-c1cnc(OC(=O)Nc2ccc(OCC(F)(F)F)cc2C(F)(F)F)c(Nc2ccccc2F)n1. The van der Waals surface area contributed by atoms with Crippen molar-refractivity contribution in [2.75, 3.05) is 24.4 Å². The van der Waals surface area contributed by atoms with Crippen LogP contribution in [-0.4, -0.2) is 36.0 Å². The van der Waals surface area contributed by atoms with Crippen LogP contribution < -0.4 is 24.8 Å². The van der Waals surface area contributed by atoms with Crippen LogP contribution in [0, 0.1) is 5.82 Å². The third-order valence-electron chi connectivity index (χ3n) is 5.37. The molecular weight excluding hydrogens is 577 g/mol. The normalized spacial score (nSPS) is 11.5. The van der Waals surface area contributed by atoms with Crippen molar-refractivity contribution in [3.05, 3.63) is 84.3 Å². The Balaban J connectivity index is 1.64. The van der Waals surface area contributed by atoms with Gasteiger partial charge in [0, 0.05) is 5.56 Å². The summed E-state index contributed by atoms with van der Waals surface area (Å²) in [5, 5.41) is 4.53. The fraction of sp³-hybridized carbons (Fsp3) is 0.148. The summed E-state index contributed by atoms with van der Waals surface area (Å²) in [7, 11) is 1.43. The monoisotopic (exact) mass is 596 g/mol. The molecule has 1 aromatic heterocycles. The maximum absolute atomic E-state index is 14.4. The fourth-order valence-electron chi connectivity index (χ4n) is 3.56. The highest BCUT2D eigenvalue weighted by molar-refractivity contribution is 5.88. The third kappa shape index (κ3) is 7.56. The summed E-state index contributed by atoms with van der Waals surface area (Å²) in [4.78, 5) is 21.0. The molecule has 1 amide bonds. The van der Waals surface area contributed by atoms with E-state index in [9.17, 15) is 35.5 Å². The largest absolute Gasteiger partial charge is 0.496 e. The second-order valence-corrected chi connectivity index (χ2v) is 8.34. The molecule has 4 rings (SSSR count). The number of methoxy groups -OCH3 is 1. The van der Waals surface area contributed by atoms with Gasteiger partial charge in [-0.1, -0.05) is 24.3 Å². The maximum Gasteiger partial charge on any atom is 0.422 e. The minimum Gasteiger partial charge on any atom is -0.496 e. The van der Waals surface area contributed by atoms with E-state index in [2.05, 4.69) is 20.0 Å². The lowest BCUT2D eigenvalue weighted by Crippen LogP contribution is -2.22. The Bertz CT molecular complexity index is 1580. The van der Waals surface area contributed by atoms with Gasteiger partial charge >= 0.3 is 18.4 Å². The highest BCUT2D eigenvalue weighted by Crippen LogP contribution is 2.38. The molecule has 0 aliphatic heterocycles. The molecule has 0 saturated carbocycles. The van der Waals surface area contributed by atoms with Gasteiger partial charge in [0.25, 0.3) is 5.88 Å². The first kappa shape index (κ1) is 29.9. The van der Waals surface area contributed by atoms with Crippen LogP contribution >= 0.6 is 0 Å². The molecule has 8 nitrogen and oxygen atoms in total. The highest BCUT2D eigenvalue weighted by Gasteiger charge is 2.35. The Labute approximate surface area is 233 Å². The van der Waals surface area contributed by atoms with Gasteiger partial charge in [-0.2, -0.15) is 26.3 Å². The lowest BCUT2D eigenvalue weighted by molar-refractivity contribution is -0.153. The van der Waals surface area contributed by atoms with Crippen LogP contribution in [0.4, 0.5) is 52.7 Å². The number of amides is 1. The van der Waals surface area contributed by atoms with Gasteiger partial charge in [-0.25, -0.2) is 19.2 Å². The Kier molecular flexibility index (Phi) is 8.68. The van der Waals surface area contributed by atoms with E-state index in [1.165, 1.54) is 31.5 Å². The molecule has 0 radical (unpaired) electrons. The fourth-order valence-corrected chi connectivity index (χ4v) is 3.56. The van der Waals surface area contributed by atoms with Crippen molar-refractivity contribution in [3.8, 4) is 28.6 Å². The second-order valence-electron chi connectivity index (χ2n) is 8.34. The van der Waals surface area contributed by atoms with E-state index in [1.807, 2.05) is 5.32 Å². The molecule has 0 saturated heterocycles. The number of para-hydroxylation sites is 2. The first-order valence-corrected chi connectivity index (χ1v) is 11.8. The van der Waals surface area contributed by atoms with Crippen molar-refractivity contribution >= 4 is 23.3 Å². The molecule has 42 heavy (non-hydrogen) atoms. The quantitative estimate of drug-likeness (QED) is 0.202. The molecule has 0 unspecified atom stereocenters. The van der Waals surface area contributed by atoms with Gasteiger partial charge in [0.2, 0.25) is 0 Å². The zero-order chi connectivity index (χ0) is 30.5. The number of rotatable bonds is 8. The minimum atomic E-state index is -5.09. The van der Waals surface area contributed by atoms with Crippen LogP contribution in [0.15, 0.2) is 72.9 Å². The van der Waals surface area contributed by atoms with Crippen LogP contribution in [-0.2, 0) is 6.18 Å². The zero-order valence-electron chi connectivity index (χ0n) is 21.3. The number of nitrogens with zero attached hydrogens (tertiary/aromatic N) is 2. The molecule has 0 fully saturated rings. The number of alkyl halides is 6. The highest BCUT2D eigenvalue weighted by atomic mass is 19.4. The van der Waals surface area contributed by atoms with Crippen LogP contribution in [0.5, 0.6) is 17.4 Å². The minimum absolute atomic E-state index is 0.0805. The predicted octanol–water partition coefficient (Wildman–Crippen LogP) is 7.61. The lowest BCUT2D eigenvalue weighted by atomic mass is 10.1. The van der Waals surface area contributed by atoms with E-state index in [1.54, 1.807) is 24.3 Å². The summed E-state index contributed by atoms with van der Waals surface area (Å²) in [6.45, 7) is -1.82. The average Bonchev–Trinajstić information content (AvgIpc) is 2.93. The van der Waals surface area contributed by atoms with Gasteiger partial charge in [0.05, 0.1) is 35.9 Å². The van der Waals surface area contributed by atoms with Crippen molar-refractivity contribution in [3.63, 3.8) is 0 Å². The molecule has 0 aliphatic rings. The summed E-state index contributed by atoms with van der Waals surface area (Å²) in [5.41, 5.74) is -1.73. The first-order valence-electron chi connectivity index (χ1n) is 11.8. The van der Waals surface area contributed by atoms with Crippen LogP contribution in [0.1, 0.15) is 5.56 Å². The van der Waals surface area contributed by atoms with Crippen molar-refractivity contribution in [1.29, 1.82) is 0 Å². The number of carbonyl (C=O) groups is 1. The van der Waals surface area contributed by atoms with Gasteiger partial charge in [0.1, 0.15) is 17.3 Å². The zero-order valence-corrected chi connectivity index (χ0v) is 21.3. The van der Waals surface area contributed by atoms with Crippen molar-refractivity contribution in [2.24, 2.45) is 0 Å². The van der Waals surface area contributed by atoms with E-state index in [0.29, 0.717) is 23.4 Å². The number of carbonyl (C=O) groups excluding carboxylic acids is 1. The van der Waals surface area contributed by atoms with Crippen LogP contribution in [0.25, 0.3) is 11.3 Å². The topological polar surface area (TPSA) is 94.6 Å². The number of hydrogen-bond donors (Lipinski definition) is 2. The van der Waals surface area contributed by atoms with E-state index >= 15 is 0 Å². The van der Waals surface area contributed by atoms with Crippen molar-refractivity contribution in [2.45, 2.75) is 12.4 Å². The molecule has 0 aliphatic carbocycles. The molecule has 0 bridgehead atoms.